The van der Waals surface area contributed by atoms with Gasteiger partial charge in [0.1, 0.15) is 0 Å². The molecule has 0 aromatic carbocycles. The third-order valence-corrected chi connectivity index (χ3v) is 4.47. The average Bonchev–Trinajstić information content (AvgIpc) is 2.57. The lowest BCUT2D eigenvalue weighted by molar-refractivity contribution is -0.122. The summed E-state index contributed by atoms with van der Waals surface area (Å²) in [4.78, 5) is 18.5. The fourth-order valence-corrected chi connectivity index (χ4v) is 3.07. The number of nitrogens with zero attached hydrogens (tertiary/aromatic N) is 2. The molecule has 128 valence electrons. The topological polar surface area (TPSA) is 71.2 Å². The van der Waals surface area contributed by atoms with Gasteiger partial charge in [0.25, 0.3) is 0 Å². The summed E-state index contributed by atoms with van der Waals surface area (Å²) >= 11 is 0. The molecular formula is C18H30N4O. The van der Waals surface area contributed by atoms with Crippen molar-refractivity contribution in [1.29, 1.82) is 0 Å². The monoisotopic (exact) mass is 318 g/mol. The summed E-state index contributed by atoms with van der Waals surface area (Å²) in [6, 6.07) is 4.48. The zero-order chi connectivity index (χ0) is 16.3. The summed E-state index contributed by atoms with van der Waals surface area (Å²) in [5, 5.41) is 3.19. The van der Waals surface area contributed by atoms with Gasteiger partial charge in [0, 0.05) is 44.5 Å². The summed E-state index contributed by atoms with van der Waals surface area (Å²) in [5.41, 5.74) is 6.77. The van der Waals surface area contributed by atoms with Gasteiger partial charge >= 0.3 is 0 Å². The minimum Gasteiger partial charge on any atom is -0.353 e. The van der Waals surface area contributed by atoms with E-state index in [0.717, 1.165) is 64.7 Å². The number of carbonyl (C=O) groups excluding carboxylic acids is 1. The van der Waals surface area contributed by atoms with E-state index in [1.807, 2.05) is 12.4 Å². The highest BCUT2D eigenvalue weighted by atomic mass is 16.1. The Kier molecular flexibility index (Phi) is 8.04. The van der Waals surface area contributed by atoms with Crippen molar-refractivity contribution in [3.63, 3.8) is 0 Å². The van der Waals surface area contributed by atoms with Crippen LogP contribution in [0.1, 0.15) is 50.5 Å². The first kappa shape index (κ1) is 17.9. The third-order valence-electron chi connectivity index (χ3n) is 4.47. The van der Waals surface area contributed by atoms with E-state index >= 15 is 0 Å². The van der Waals surface area contributed by atoms with Crippen molar-refractivity contribution < 1.29 is 4.79 Å². The second-order valence-corrected chi connectivity index (χ2v) is 6.43. The van der Waals surface area contributed by atoms with Crippen LogP contribution in [0.3, 0.4) is 0 Å². The second kappa shape index (κ2) is 10.3. The number of likely N-dealkylation sites (tertiary alicyclic amines) is 1. The molecule has 3 N–H and O–H groups in total. The van der Waals surface area contributed by atoms with Gasteiger partial charge in [-0.25, -0.2) is 0 Å². The maximum Gasteiger partial charge on any atom is 0.220 e. The number of nitrogens with two attached hydrogens (primary N) is 1. The van der Waals surface area contributed by atoms with Crippen LogP contribution in [-0.4, -0.2) is 41.5 Å². The molecule has 0 unspecified atom stereocenters. The van der Waals surface area contributed by atoms with Crippen molar-refractivity contribution in [2.45, 2.75) is 57.5 Å². The van der Waals surface area contributed by atoms with Crippen LogP contribution in [0.4, 0.5) is 0 Å². The zero-order valence-electron chi connectivity index (χ0n) is 14.0. The van der Waals surface area contributed by atoms with Crippen LogP contribution in [-0.2, 0) is 11.3 Å². The maximum absolute atomic E-state index is 12.0. The number of rotatable bonds is 9. The lowest BCUT2D eigenvalue weighted by Gasteiger charge is -2.32. The lowest BCUT2D eigenvalue weighted by atomic mass is 10.0. The maximum atomic E-state index is 12.0. The molecule has 2 heterocycles. The average molecular weight is 318 g/mol. The Hall–Kier alpha value is -1.46. The predicted molar refractivity (Wildman–Crippen MR) is 92.8 cm³/mol. The third kappa shape index (κ3) is 7.10. The summed E-state index contributed by atoms with van der Waals surface area (Å²) in [5.74, 6) is 0.213. The van der Waals surface area contributed by atoms with Crippen molar-refractivity contribution in [2.24, 2.45) is 5.73 Å². The SMILES string of the molecule is NCCCCCCC(=O)NC1CCN(Cc2ccncc2)CC1. The number of nitrogens with one attached hydrogen (secondary N) is 1. The first-order valence-corrected chi connectivity index (χ1v) is 8.88. The number of hydrogen-bond donors (Lipinski definition) is 2. The fraction of sp³-hybridized carbons (Fsp3) is 0.667. The molecular weight excluding hydrogens is 288 g/mol. The van der Waals surface area contributed by atoms with Crippen molar-refractivity contribution in [1.82, 2.24) is 15.2 Å². The number of hydrogen-bond acceptors (Lipinski definition) is 4. The molecule has 0 radical (unpaired) electrons. The predicted octanol–water partition coefficient (Wildman–Crippen LogP) is 2.07. The van der Waals surface area contributed by atoms with E-state index in [9.17, 15) is 4.79 Å². The number of aromatic nitrogens is 1. The van der Waals surface area contributed by atoms with Gasteiger partial charge in [0.15, 0.2) is 0 Å². The Morgan fingerprint density at radius 2 is 1.87 bits per heavy atom. The van der Waals surface area contributed by atoms with Gasteiger partial charge in [-0.1, -0.05) is 12.8 Å². The van der Waals surface area contributed by atoms with Crippen LogP contribution in [0.2, 0.25) is 0 Å². The molecule has 5 nitrogen and oxygen atoms in total. The highest BCUT2D eigenvalue weighted by Gasteiger charge is 2.20. The molecule has 1 fully saturated rings. The van der Waals surface area contributed by atoms with Crippen LogP contribution in [0.15, 0.2) is 24.5 Å². The van der Waals surface area contributed by atoms with Gasteiger partial charge in [0.2, 0.25) is 5.91 Å². The van der Waals surface area contributed by atoms with Crippen molar-refractivity contribution in [2.75, 3.05) is 19.6 Å². The molecule has 0 aliphatic carbocycles. The molecule has 1 aliphatic heterocycles. The Morgan fingerprint density at radius 3 is 2.57 bits per heavy atom. The van der Waals surface area contributed by atoms with E-state index in [-0.39, 0.29) is 5.91 Å². The van der Waals surface area contributed by atoms with E-state index < -0.39 is 0 Å². The zero-order valence-corrected chi connectivity index (χ0v) is 14.0. The first-order valence-electron chi connectivity index (χ1n) is 8.88. The molecule has 23 heavy (non-hydrogen) atoms. The number of piperidine rings is 1. The number of carbonyl (C=O) groups is 1. The van der Waals surface area contributed by atoms with Gasteiger partial charge < -0.3 is 11.1 Å². The smallest absolute Gasteiger partial charge is 0.220 e. The highest BCUT2D eigenvalue weighted by Crippen LogP contribution is 2.14. The quantitative estimate of drug-likeness (QED) is 0.684. The van der Waals surface area contributed by atoms with Crippen molar-refractivity contribution >= 4 is 5.91 Å². The summed E-state index contributed by atoms with van der Waals surface area (Å²) in [6.45, 7) is 3.82. The van der Waals surface area contributed by atoms with Gasteiger partial charge in [-0.3, -0.25) is 14.7 Å². The molecule has 0 bridgehead atoms. The number of amides is 1. The van der Waals surface area contributed by atoms with Gasteiger partial charge in [-0.15, -0.1) is 0 Å². The van der Waals surface area contributed by atoms with Crippen LogP contribution >= 0.6 is 0 Å². The fourth-order valence-electron chi connectivity index (χ4n) is 3.07. The standard InChI is InChI=1S/C18H30N4O/c19-10-4-2-1-3-5-18(23)21-17-8-13-22(14-9-17)15-16-6-11-20-12-7-16/h6-7,11-12,17H,1-5,8-10,13-15,19H2,(H,21,23). The van der Waals surface area contributed by atoms with E-state index in [4.69, 9.17) is 5.73 Å². The molecule has 2 rings (SSSR count). The lowest BCUT2D eigenvalue weighted by Crippen LogP contribution is -2.44. The summed E-state index contributed by atoms with van der Waals surface area (Å²) in [6.07, 6.45) is 10.7. The molecule has 1 aromatic heterocycles. The van der Waals surface area contributed by atoms with Crippen molar-refractivity contribution in [3.8, 4) is 0 Å². The van der Waals surface area contributed by atoms with Crippen LogP contribution < -0.4 is 11.1 Å². The second-order valence-electron chi connectivity index (χ2n) is 6.43. The molecule has 1 amide bonds. The van der Waals surface area contributed by atoms with Crippen LogP contribution in [0.25, 0.3) is 0 Å². The molecule has 5 heteroatoms. The van der Waals surface area contributed by atoms with Crippen LogP contribution in [0, 0.1) is 0 Å². The van der Waals surface area contributed by atoms with Gasteiger partial charge in [-0.2, -0.15) is 0 Å². The molecule has 1 saturated heterocycles. The van der Waals surface area contributed by atoms with E-state index in [0.29, 0.717) is 12.5 Å². The van der Waals surface area contributed by atoms with Crippen molar-refractivity contribution in [3.05, 3.63) is 30.1 Å². The van der Waals surface area contributed by atoms with Gasteiger partial charge in [-0.05, 0) is 49.9 Å². The Morgan fingerprint density at radius 1 is 1.17 bits per heavy atom. The van der Waals surface area contributed by atoms with E-state index in [2.05, 4.69) is 27.3 Å². The summed E-state index contributed by atoms with van der Waals surface area (Å²) in [7, 11) is 0. The highest BCUT2D eigenvalue weighted by molar-refractivity contribution is 5.76. The molecule has 0 atom stereocenters. The van der Waals surface area contributed by atoms with E-state index in [1.54, 1.807) is 0 Å². The normalized spacial score (nSPS) is 16.4. The largest absolute Gasteiger partial charge is 0.353 e. The molecule has 1 aromatic rings. The number of unbranched alkanes of at least 4 members (excludes halogenated alkanes) is 3. The molecule has 1 aliphatic rings. The molecule has 0 spiro atoms. The Labute approximate surface area is 139 Å². The number of pyridine rings is 1. The van der Waals surface area contributed by atoms with Crippen LogP contribution in [0.5, 0.6) is 0 Å². The van der Waals surface area contributed by atoms with E-state index in [1.165, 1.54) is 5.56 Å². The van der Waals surface area contributed by atoms with Gasteiger partial charge in [0.05, 0.1) is 0 Å². The first-order chi connectivity index (χ1) is 11.3. The summed E-state index contributed by atoms with van der Waals surface area (Å²) < 4.78 is 0. The minimum absolute atomic E-state index is 0.213. The molecule has 0 saturated carbocycles. The minimum atomic E-state index is 0.213. The Balaban J connectivity index is 1.58. The Bertz CT molecular complexity index is 444.